The molecule has 278 valence electrons. The number of hydrogen-bond acceptors (Lipinski definition) is 4. The molecule has 46 heavy (non-hydrogen) atoms. The first-order valence-corrected chi connectivity index (χ1v) is 21.0. The molecule has 0 spiro atoms. The minimum Gasteiger partial charge on any atom is -0.393 e. The molecule has 4 nitrogen and oxygen atoms in total. The van der Waals surface area contributed by atoms with Gasteiger partial charge in [0.25, 0.3) is 0 Å². The van der Waals surface area contributed by atoms with Gasteiger partial charge in [0.1, 0.15) is 0 Å². The van der Waals surface area contributed by atoms with Crippen molar-refractivity contribution in [3.05, 3.63) is 0 Å². The van der Waals surface area contributed by atoms with Crippen LogP contribution in [0.25, 0.3) is 0 Å². The van der Waals surface area contributed by atoms with E-state index in [1.165, 1.54) is 135 Å². The number of aliphatic hydroxyl groups is 3. The molecule has 0 aromatic heterocycles. The van der Waals surface area contributed by atoms with Gasteiger partial charge >= 0.3 is 0 Å². The maximum Gasteiger partial charge on any atom is 0.0667 e. The van der Waals surface area contributed by atoms with Gasteiger partial charge in [-0.15, -0.1) is 0 Å². The highest BCUT2D eigenvalue weighted by Crippen LogP contribution is 2.27. The molecule has 0 aromatic rings. The van der Waals surface area contributed by atoms with E-state index in [0.29, 0.717) is 13.1 Å². The predicted molar refractivity (Wildman–Crippen MR) is 204 cm³/mol. The molecule has 0 fully saturated rings. The van der Waals surface area contributed by atoms with Crippen molar-refractivity contribution in [2.24, 2.45) is 5.41 Å². The molecule has 0 saturated heterocycles. The summed E-state index contributed by atoms with van der Waals surface area (Å²) < 4.78 is 0. The lowest BCUT2D eigenvalue weighted by molar-refractivity contribution is 0.0388. The standard InChI is InChI=1S/C42H87NO3/c1-6-9-12-15-18-21-24-27-31-39(44)34-30-35-42(4,5)38-43(36-40(45)32-28-25-22-19-16-13-10-7-2)37-41(46)33-29-26-23-20-17-14-11-8-3/h39-41,44-46H,6-38H2,1-5H3. The maximum atomic E-state index is 11.0. The summed E-state index contributed by atoms with van der Waals surface area (Å²) in [6.45, 7) is 13.7. The molecule has 0 bridgehead atoms. The highest BCUT2D eigenvalue weighted by atomic mass is 16.3. The summed E-state index contributed by atoms with van der Waals surface area (Å²) in [5.74, 6) is 0. The Morgan fingerprint density at radius 3 is 1.02 bits per heavy atom. The van der Waals surface area contributed by atoms with Crippen molar-refractivity contribution in [3.63, 3.8) is 0 Å². The van der Waals surface area contributed by atoms with Crippen molar-refractivity contribution in [1.29, 1.82) is 0 Å². The van der Waals surface area contributed by atoms with Crippen molar-refractivity contribution in [2.75, 3.05) is 19.6 Å². The van der Waals surface area contributed by atoms with Crippen molar-refractivity contribution in [1.82, 2.24) is 4.90 Å². The Morgan fingerprint density at radius 1 is 0.391 bits per heavy atom. The van der Waals surface area contributed by atoms with Crippen molar-refractivity contribution in [2.45, 2.75) is 246 Å². The summed E-state index contributed by atoms with van der Waals surface area (Å²) in [5.41, 5.74) is 0.0919. The van der Waals surface area contributed by atoms with Gasteiger partial charge in [-0.05, 0) is 37.5 Å². The first-order valence-electron chi connectivity index (χ1n) is 21.0. The molecule has 4 heteroatoms. The maximum absolute atomic E-state index is 11.0. The van der Waals surface area contributed by atoms with Crippen LogP contribution in [0.5, 0.6) is 0 Å². The Hall–Kier alpha value is -0.160. The summed E-state index contributed by atoms with van der Waals surface area (Å²) in [4.78, 5) is 2.36. The minimum absolute atomic E-state index is 0.0919. The zero-order valence-electron chi connectivity index (χ0n) is 32.4. The molecular formula is C42H87NO3. The van der Waals surface area contributed by atoms with Crippen LogP contribution >= 0.6 is 0 Å². The average molecular weight is 654 g/mol. The van der Waals surface area contributed by atoms with Crippen molar-refractivity contribution >= 4 is 0 Å². The summed E-state index contributed by atoms with van der Waals surface area (Å²) in [5, 5.41) is 32.6. The number of aliphatic hydroxyl groups excluding tert-OH is 3. The van der Waals surface area contributed by atoms with Crippen LogP contribution in [-0.4, -0.2) is 58.2 Å². The lowest BCUT2D eigenvalue weighted by Crippen LogP contribution is -2.43. The van der Waals surface area contributed by atoms with E-state index >= 15 is 0 Å². The van der Waals surface area contributed by atoms with Crippen LogP contribution in [0.3, 0.4) is 0 Å². The van der Waals surface area contributed by atoms with Gasteiger partial charge in [-0.3, -0.25) is 4.90 Å². The molecule has 0 rings (SSSR count). The van der Waals surface area contributed by atoms with Crippen molar-refractivity contribution in [3.8, 4) is 0 Å². The molecule has 0 aliphatic carbocycles. The third kappa shape index (κ3) is 32.4. The Bertz CT molecular complexity index is 569. The normalized spacial score (nSPS) is 14.3. The lowest BCUT2D eigenvalue weighted by atomic mass is 9.85. The van der Waals surface area contributed by atoms with Crippen LogP contribution in [0.15, 0.2) is 0 Å². The molecule has 0 aromatic carbocycles. The van der Waals surface area contributed by atoms with E-state index in [4.69, 9.17) is 0 Å². The molecule has 0 radical (unpaired) electrons. The summed E-state index contributed by atoms with van der Waals surface area (Å²) in [7, 11) is 0. The van der Waals surface area contributed by atoms with Crippen LogP contribution in [0.2, 0.25) is 0 Å². The van der Waals surface area contributed by atoms with Crippen LogP contribution in [0.4, 0.5) is 0 Å². The fourth-order valence-electron chi connectivity index (χ4n) is 7.17. The van der Waals surface area contributed by atoms with Gasteiger partial charge in [0.05, 0.1) is 18.3 Å². The zero-order chi connectivity index (χ0) is 34.1. The zero-order valence-corrected chi connectivity index (χ0v) is 32.4. The summed E-state index contributed by atoms with van der Waals surface area (Å²) in [6.07, 6.45) is 36.0. The summed E-state index contributed by atoms with van der Waals surface area (Å²) >= 11 is 0. The quantitative estimate of drug-likeness (QED) is 0.0584. The third-order valence-corrected chi connectivity index (χ3v) is 10.2. The van der Waals surface area contributed by atoms with Gasteiger partial charge in [0, 0.05) is 19.6 Å². The first-order chi connectivity index (χ1) is 22.2. The molecular weight excluding hydrogens is 566 g/mol. The van der Waals surface area contributed by atoms with E-state index in [1.807, 2.05) is 0 Å². The number of nitrogens with zero attached hydrogens (tertiary/aromatic N) is 1. The highest BCUT2D eigenvalue weighted by Gasteiger charge is 2.25. The number of hydrogen-bond donors (Lipinski definition) is 3. The smallest absolute Gasteiger partial charge is 0.0667 e. The van der Waals surface area contributed by atoms with Gasteiger partial charge < -0.3 is 15.3 Å². The van der Waals surface area contributed by atoms with Gasteiger partial charge in [0.15, 0.2) is 0 Å². The number of unbranched alkanes of at least 4 members (excludes halogenated alkanes) is 21. The third-order valence-electron chi connectivity index (χ3n) is 10.2. The minimum atomic E-state index is -0.320. The monoisotopic (exact) mass is 654 g/mol. The number of rotatable bonds is 37. The van der Waals surface area contributed by atoms with E-state index in [-0.39, 0.29) is 23.7 Å². The fourth-order valence-corrected chi connectivity index (χ4v) is 7.17. The second kappa shape index (κ2) is 33.3. The Labute approximate surface area is 290 Å². The van der Waals surface area contributed by atoms with Gasteiger partial charge in [-0.1, -0.05) is 195 Å². The van der Waals surface area contributed by atoms with Crippen LogP contribution in [0, 0.1) is 5.41 Å². The molecule has 0 saturated carbocycles. The largest absolute Gasteiger partial charge is 0.393 e. The fraction of sp³-hybridized carbons (Fsp3) is 1.00. The molecule has 3 N–H and O–H groups in total. The predicted octanol–water partition coefficient (Wildman–Crippen LogP) is 12.2. The lowest BCUT2D eigenvalue weighted by Gasteiger charge is -2.35. The van der Waals surface area contributed by atoms with Crippen molar-refractivity contribution < 1.29 is 15.3 Å². The van der Waals surface area contributed by atoms with Gasteiger partial charge in [-0.25, -0.2) is 0 Å². The van der Waals surface area contributed by atoms with Gasteiger partial charge in [-0.2, -0.15) is 0 Å². The summed E-state index contributed by atoms with van der Waals surface area (Å²) in [6, 6.07) is 0. The highest BCUT2D eigenvalue weighted by molar-refractivity contribution is 4.78. The Kier molecular flexibility index (Phi) is 33.2. The van der Waals surface area contributed by atoms with E-state index in [0.717, 1.165) is 64.3 Å². The van der Waals surface area contributed by atoms with E-state index < -0.39 is 0 Å². The Balaban J connectivity index is 4.58. The second-order valence-corrected chi connectivity index (χ2v) is 16.0. The molecule has 0 heterocycles. The molecule has 3 unspecified atom stereocenters. The van der Waals surface area contributed by atoms with E-state index in [9.17, 15) is 15.3 Å². The van der Waals surface area contributed by atoms with Gasteiger partial charge in [0.2, 0.25) is 0 Å². The molecule has 0 aliphatic heterocycles. The van der Waals surface area contributed by atoms with Crippen LogP contribution in [0.1, 0.15) is 227 Å². The van der Waals surface area contributed by atoms with Crippen LogP contribution < -0.4 is 0 Å². The Morgan fingerprint density at radius 2 is 0.674 bits per heavy atom. The second-order valence-electron chi connectivity index (χ2n) is 16.0. The first kappa shape index (κ1) is 45.8. The van der Waals surface area contributed by atoms with E-state index in [1.54, 1.807) is 0 Å². The van der Waals surface area contributed by atoms with Crippen LogP contribution in [-0.2, 0) is 0 Å². The molecule has 0 aliphatic rings. The molecule has 0 amide bonds. The topological polar surface area (TPSA) is 63.9 Å². The SMILES string of the molecule is CCCCCCCCCCC(O)CCCC(C)(C)CN(CC(O)CCCCCCCCCC)CC(O)CCCCCCCCCC. The molecule has 3 atom stereocenters. The average Bonchev–Trinajstić information content (AvgIpc) is 3.00. The van der Waals surface area contributed by atoms with E-state index in [2.05, 4.69) is 39.5 Å².